The van der Waals surface area contributed by atoms with Crippen LogP contribution in [0.4, 0.5) is 10.2 Å². The Morgan fingerprint density at radius 1 is 1.19 bits per heavy atom. The molecule has 0 aliphatic carbocycles. The highest BCUT2D eigenvalue weighted by Gasteiger charge is 2.40. The molecular formula is C20H22FN3O3. The molecule has 7 heteroatoms. The van der Waals surface area contributed by atoms with Gasteiger partial charge < -0.3 is 19.7 Å². The predicted molar refractivity (Wildman–Crippen MR) is 97.9 cm³/mol. The summed E-state index contributed by atoms with van der Waals surface area (Å²) >= 11 is 0. The monoisotopic (exact) mass is 371 g/mol. The van der Waals surface area contributed by atoms with Gasteiger partial charge >= 0.3 is 0 Å². The average Bonchev–Trinajstić information content (AvgIpc) is 3.16. The van der Waals surface area contributed by atoms with Gasteiger partial charge in [-0.1, -0.05) is 18.2 Å². The fourth-order valence-electron chi connectivity index (χ4n) is 3.51. The van der Waals surface area contributed by atoms with Gasteiger partial charge in [0.05, 0.1) is 13.2 Å². The Morgan fingerprint density at radius 2 is 1.93 bits per heavy atom. The molecule has 1 N–H and O–H groups in total. The molecule has 0 unspecified atom stereocenters. The Morgan fingerprint density at radius 3 is 2.67 bits per heavy atom. The van der Waals surface area contributed by atoms with Crippen LogP contribution in [-0.2, 0) is 16.0 Å². The Bertz CT molecular complexity index is 814. The molecule has 0 atom stereocenters. The Balaban J connectivity index is 1.39. The van der Waals surface area contributed by atoms with Crippen LogP contribution in [0.15, 0.2) is 42.6 Å². The standard InChI is InChI=1S/C20H22FN3O3/c21-17-4-2-1-3-16(17)14-23-19(25)15-5-8-22-18(13-15)24-9-6-20(7-10-24)26-11-12-27-20/h1-5,8,13H,6-7,9-12,14H2,(H,23,25). The minimum Gasteiger partial charge on any atom is -0.356 e. The van der Waals surface area contributed by atoms with Gasteiger partial charge in [0.1, 0.15) is 11.6 Å². The lowest BCUT2D eigenvalue weighted by molar-refractivity contribution is -0.169. The average molecular weight is 371 g/mol. The minimum absolute atomic E-state index is 0.143. The molecule has 2 aliphatic rings. The van der Waals surface area contributed by atoms with Crippen molar-refractivity contribution in [2.24, 2.45) is 0 Å². The fraction of sp³-hybridized carbons (Fsp3) is 0.400. The lowest BCUT2D eigenvalue weighted by Crippen LogP contribution is -2.45. The number of amides is 1. The van der Waals surface area contributed by atoms with Gasteiger partial charge in [0.15, 0.2) is 5.79 Å². The number of hydrogen-bond acceptors (Lipinski definition) is 5. The summed E-state index contributed by atoms with van der Waals surface area (Å²) in [5.41, 5.74) is 0.961. The number of nitrogens with one attached hydrogen (secondary N) is 1. The smallest absolute Gasteiger partial charge is 0.251 e. The number of hydrogen-bond donors (Lipinski definition) is 1. The zero-order chi connectivity index (χ0) is 18.7. The van der Waals surface area contributed by atoms with Gasteiger partial charge in [-0.05, 0) is 18.2 Å². The van der Waals surface area contributed by atoms with Crippen LogP contribution in [0.5, 0.6) is 0 Å². The van der Waals surface area contributed by atoms with Crippen molar-refractivity contribution in [2.45, 2.75) is 25.2 Å². The molecule has 0 saturated carbocycles. The van der Waals surface area contributed by atoms with Crippen LogP contribution in [0.1, 0.15) is 28.8 Å². The SMILES string of the molecule is O=C(NCc1ccccc1F)c1ccnc(N2CCC3(CC2)OCCO3)c1. The van der Waals surface area contributed by atoms with Crippen molar-refractivity contribution in [1.29, 1.82) is 0 Å². The highest BCUT2D eigenvalue weighted by molar-refractivity contribution is 5.94. The molecule has 2 aliphatic heterocycles. The fourth-order valence-corrected chi connectivity index (χ4v) is 3.51. The molecule has 6 nitrogen and oxygen atoms in total. The molecule has 1 aromatic carbocycles. The summed E-state index contributed by atoms with van der Waals surface area (Å²) in [4.78, 5) is 19.0. The quantitative estimate of drug-likeness (QED) is 0.895. The van der Waals surface area contributed by atoms with E-state index in [1.165, 1.54) is 6.07 Å². The van der Waals surface area contributed by atoms with Crippen molar-refractivity contribution in [2.75, 3.05) is 31.2 Å². The number of carbonyl (C=O) groups is 1. The van der Waals surface area contributed by atoms with Crippen molar-refractivity contribution in [3.8, 4) is 0 Å². The first-order valence-corrected chi connectivity index (χ1v) is 9.16. The van der Waals surface area contributed by atoms with Gasteiger partial charge in [0, 0.05) is 49.8 Å². The summed E-state index contributed by atoms with van der Waals surface area (Å²) in [7, 11) is 0. The van der Waals surface area contributed by atoms with E-state index in [-0.39, 0.29) is 18.3 Å². The summed E-state index contributed by atoms with van der Waals surface area (Å²) < 4.78 is 25.2. The van der Waals surface area contributed by atoms with Crippen molar-refractivity contribution in [3.63, 3.8) is 0 Å². The maximum atomic E-state index is 13.7. The first-order chi connectivity index (χ1) is 13.2. The van der Waals surface area contributed by atoms with Gasteiger partial charge in [-0.25, -0.2) is 9.37 Å². The molecule has 4 rings (SSSR count). The van der Waals surface area contributed by atoms with Gasteiger partial charge in [-0.15, -0.1) is 0 Å². The molecular weight excluding hydrogens is 349 g/mol. The maximum absolute atomic E-state index is 13.7. The third-order valence-corrected chi connectivity index (χ3v) is 5.07. The number of rotatable bonds is 4. The van der Waals surface area contributed by atoms with E-state index in [0.29, 0.717) is 24.3 Å². The molecule has 1 amide bonds. The second kappa shape index (κ2) is 7.62. The topological polar surface area (TPSA) is 63.7 Å². The van der Waals surface area contributed by atoms with Crippen LogP contribution in [0.2, 0.25) is 0 Å². The zero-order valence-corrected chi connectivity index (χ0v) is 15.0. The Kier molecular flexibility index (Phi) is 5.05. The second-order valence-electron chi connectivity index (χ2n) is 6.77. The van der Waals surface area contributed by atoms with Crippen molar-refractivity contribution >= 4 is 11.7 Å². The molecule has 2 saturated heterocycles. The number of benzene rings is 1. The van der Waals surface area contributed by atoms with Gasteiger partial charge in [-0.3, -0.25) is 4.79 Å². The molecule has 142 valence electrons. The summed E-state index contributed by atoms with van der Waals surface area (Å²) in [5, 5.41) is 2.76. The van der Waals surface area contributed by atoms with Crippen LogP contribution < -0.4 is 10.2 Å². The molecule has 3 heterocycles. The molecule has 27 heavy (non-hydrogen) atoms. The van der Waals surface area contributed by atoms with E-state index in [2.05, 4.69) is 15.2 Å². The lowest BCUT2D eigenvalue weighted by atomic mass is 10.0. The number of aromatic nitrogens is 1. The van der Waals surface area contributed by atoms with Crippen LogP contribution >= 0.6 is 0 Å². The molecule has 0 bridgehead atoms. The summed E-state index contributed by atoms with van der Waals surface area (Å²) in [5.74, 6) is -0.267. The molecule has 1 spiro atoms. The minimum atomic E-state index is -0.439. The van der Waals surface area contributed by atoms with Crippen molar-refractivity contribution in [1.82, 2.24) is 10.3 Å². The number of halogens is 1. The van der Waals surface area contributed by atoms with E-state index in [4.69, 9.17) is 9.47 Å². The van der Waals surface area contributed by atoms with Crippen LogP contribution in [-0.4, -0.2) is 43.0 Å². The highest BCUT2D eigenvalue weighted by atomic mass is 19.1. The van der Waals surface area contributed by atoms with Gasteiger partial charge in [-0.2, -0.15) is 0 Å². The van der Waals surface area contributed by atoms with E-state index in [9.17, 15) is 9.18 Å². The van der Waals surface area contributed by atoms with Crippen molar-refractivity contribution < 1.29 is 18.7 Å². The number of anilines is 1. The normalized spacial score (nSPS) is 18.6. The van der Waals surface area contributed by atoms with Crippen LogP contribution in [0.25, 0.3) is 0 Å². The van der Waals surface area contributed by atoms with E-state index in [1.54, 1.807) is 36.5 Å². The summed E-state index contributed by atoms with van der Waals surface area (Å²) in [6.07, 6.45) is 3.18. The largest absolute Gasteiger partial charge is 0.356 e. The first kappa shape index (κ1) is 17.9. The number of nitrogens with zero attached hydrogens (tertiary/aromatic N) is 2. The second-order valence-corrected chi connectivity index (χ2v) is 6.77. The van der Waals surface area contributed by atoms with Crippen LogP contribution in [0.3, 0.4) is 0 Å². The third-order valence-electron chi connectivity index (χ3n) is 5.07. The Hall–Kier alpha value is -2.51. The van der Waals surface area contributed by atoms with E-state index >= 15 is 0 Å². The molecule has 2 aromatic rings. The number of piperidine rings is 1. The lowest BCUT2D eigenvalue weighted by Gasteiger charge is -2.38. The third kappa shape index (κ3) is 3.94. The van der Waals surface area contributed by atoms with Crippen LogP contribution in [0, 0.1) is 5.82 Å². The number of pyridine rings is 1. The molecule has 0 radical (unpaired) electrons. The van der Waals surface area contributed by atoms with Crippen molar-refractivity contribution in [3.05, 3.63) is 59.5 Å². The van der Waals surface area contributed by atoms with E-state index in [0.717, 1.165) is 31.7 Å². The van der Waals surface area contributed by atoms with Gasteiger partial charge in [0.25, 0.3) is 5.91 Å². The molecule has 1 aromatic heterocycles. The number of carbonyl (C=O) groups excluding carboxylic acids is 1. The van der Waals surface area contributed by atoms with E-state index < -0.39 is 5.79 Å². The molecule has 2 fully saturated rings. The number of ether oxygens (including phenoxy) is 2. The first-order valence-electron chi connectivity index (χ1n) is 9.16. The summed E-state index contributed by atoms with van der Waals surface area (Å²) in [6.45, 7) is 2.95. The maximum Gasteiger partial charge on any atom is 0.251 e. The van der Waals surface area contributed by atoms with E-state index in [1.807, 2.05) is 0 Å². The highest BCUT2D eigenvalue weighted by Crippen LogP contribution is 2.32. The van der Waals surface area contributed by atoms with Gasteiger partial charge in [0.2, 0.25) is 0 Å². The Labute approximate surface area is 157 Å². The predicted octanol–water partition coefficient (Wildman–Crippen LogP) is 2.49. The summed E-state index contributed by atoms with van der Waals surface area (Å²) in [6, 6.07) is 9.84. The zero-order valence-electron chi connectivity index (χ0n) is 15.0.